The minimum atomic E-state index is 0.357. The van der Waals surface area contributed by atoms with Crippen molar-refractivity contribution in [3.63, 3.8) is 0 Å². The Morgan fingerprint density at radius 3 is 2.47 bits per heavy atom. The number of aromatic nitrogens is 3. The summed E-state index contributed by atoms with van der Waals surface area (Å²) in [6.07, 6.45) is 7.95. The lowest BCUT2D eigenvalue weighted by Gasteiger charge is -2.24. The van der Waals surface area contributed by atoms with E-state index in [1.807, 2.05) is 30.5 Å². The van der Waals surface area contributed by atoms with Crippen molar-refractivity contribution in [1.29, 1.82) is 0 Å². The SMILES string of the molecule is NC1CCC(c2nccc(-c3ccccn3)n2)CC1. The van der Waals surface area contributed by atoms with Crippen LogP contribution in [0.5, 0.6) is 0 Å². The van der Waals surface area contributed by atoms with E-state index in [0.29, 0.717) is 12.0 Å². The molecule has 4 heteroatoms. The van der Waals surface area contributed by atoms with Gasteiger partial charge in [0, 0.05) is 24.4 Å². The Balaban J connectivity index is 1.84. The standard InChI is InChI=1S/C15H18N4/c16-12-6-4-11(5-7-12)15-18-10-8-14(19-15)13-3-1-2-9-17-13/h1-3,8-12H,4-7,16H2. The fourth-order valence-electron chi connectivity index (χ4n) is 2.60. The predicted molar refractivity (Wildman–Crippen MR) is 74.4 cm³/mol. The van der Waals surface area contributed by atoms with Gasteiger partial charge in [-0.15, -0.1) is 0 Å². The summed E-state index contributed by atoms with van der Waals surface area (Å²) < 4.78 is 0. The lowest BCUT2D eigenvalue weighted by molar-refractivity contribution is 0.385. The molecule has 1 saturated carbocycles. The molecule has 0 atom stereocenters. The van der Waals surface area contributed by atoms with Gasteiger partial charge in [0.1, 0.15) is 5.82 Å². The van der Waals surface area contributed by atoms with Crippen LogP contribution in [0.4, 0.5) is 0 Å². The molecule has 3 rings (SSSR count). The second-order valence-corrected chi connectivity index (χ2v) is 5.13. The highest BCUT2D eigenvalue weighted by molar-refractivity contribution is 5.52. The molecule has 0 radical (unpaired) electrons. The highest BCUT2D eigenvalue weighted by Gasteiger charge is 2.22. The average molecular weight is 254 g/mol. The van der Waals surface area contributed by atoms with Crippen LogP contribution in [0.15, 0.2) is 36.7 Å². The molecule has 0 spiro atoms. The molecule has 2 N–H and O–H groups in total. The molecule has 0 unspecified atom stereocenters. The Hall–Kier alpha value is -1.81. The van der Waals surface area contributed by atoms with Crippen molar-refractivity contribution in [1.82, 2.24) is 15.0 Å². The molecule has 19 heavy (non-hydrogen) atoms. The monoisotopic (exact) mass is 254 g/mol. The van der Waals surface area contributed by atoms with E-state index < -0.39 is 0 Å². The third kappa shape index (κ3) is 2.79. The highest BCUT2D eigenvalue weighted by Crippen LogP contribution is 2.30. The topological polar surface area (TPSA) is 64.7 Å². The molecule has 98 valence electrons. The van der Waals surface area contributed by atoms with Gasteiger partial charge in [0.2, 0.25) is 0 Å². The number of pyridine rings is 1. The largest absolute Gasteiger partial charge is 0.328 e. The van der Waals surface area contributed by atoms with Crippen LogP contribution >= 0.6 is 0 Å². The second kappa shape index (κ2) is 5.45. The van der Waals surface area contributed by atoms with E-state index in [0.717, 1.165) is 42.9 Å². The summed E-state index contributed by atoms with van der Waals surface area (Å²) in [5, 5.41) is 0. The zero-order valence-corrected chi connectivity index (χ0v) is 10.9. The van der Waals surface area contributed by atoms with Gasteiger partial charge in [-0.2, -0.15) is 0 Å². The third-order valence-corrected chi connectivity index (χ3v) is 3.74. The summed E-state index contributed by atoms with van der Waals surface area (Å²) in [5.41, 5.74) is 7.75. The average Bonchev–Trinajstić information content (AvgIpc) is 2.49. The molecule has 1 aliphatic carbocycles. The van der Waals surface area contributed by atoms with Crippen molar-refractivity contribution < 1.29 is 0 Å². The van der Waals surface area contributed by atoms with E-state index >= 15 is 0 Å². The first-order chi connectivity index (χ1) is 9.33. The Kier molecular flexibility index (Phi) is 3.51. The Labute approximate surface area is 113 Å². The molecule has 4 nitrogen and oxygen atoms in total. The minimum Gasteiger partial charge on any atom is -0.328 e. The first-order valence-corrected chi connectivity index (χ1v) is 6.83. The number of rotatable bonds is 2. The Bertz CT molecular complexity index is 533. The van der Waals surface area contributed by atoms with Crippen molar-refractivity contribution >= 4 is 0 Å². The molecule has 2 heterocycles. The summed E-state index contributed by atoms with van der Waals surface area (Å²) in [7, 11) is 0. The van der Waals surface area contributed by atoms with Crippen LogP contribution in [0.1, 0.15) is 37.4 Å². The molecular formula is C15H18N4. The van der Waals surface area contributed by atoms with Crippen LogP contribution in [0, 0.1) is 0 Å². The third-order valence-electron chi connectivity index (χ3n) is 3.74. The molecule has 1 fully saturated rings. The Morgan fingerprint density at radius 2 is 1.74 bits per heavy atom. The lowest BCUT2D eigenvalue weighted by Crippen LogP contribution is -2.26. The normalized spacial score (nSPS) is 23.2. The molecule has 0 bridgehead atoms. The number of hydrogen-bond acceptors (Lipinski definition) is 4. The van der Waals surface area contributed by atoms with Gasteiger partial charge in [-0.25, -0.2) is 9.97 Å². The number of nitrogens with two attached hydrogens (primary N) is 1. The van der Waals surface area contributed by atoms with Crippen LogP contribution in [0.3, 0.4) is 0 Å². The molecule has 0 aliphatic heterocycles. The summed E-state index contributed by atoms with van der Waals surface area (Å²) in [5.74, 6) is 1.39. The minimum absolute atomic E-state index is 0.357. The van der Waals surface area contributed by atoms with Crippen LogP contribution in [-0.4, -0.2) is 21.0 Å². The number of hydrogen-bond donors (Lipinski definition) is 1. The maximum absolute atomic E-state index is 5.95. The zero-order chi connectivity index (χ0) is 13.1. The summed E-state index contributed by atoms with van der Waals surface area (Å²) in [6.45, 7) is 0. The molecule has 2 aromatic rings. The van der Waals surface area contributed by atoms with E-state index in [1.165, 1.54) is 0 Å². The predicted octanol–water partition coefficient (Wildman–Crippen LogP) is 2.52. The molecule has 0 aromatic carbocycles. The Morgan fingerprint density at radius 1 is 0.895 bits per heavy atom. The second-order valence-electron chi connectivity index (χ2n) is 5.13. The fourth-order valence-corrected chi connectivity index (χ4v) is 2.60. The van der Waals surface area contributed by atoms with Gasteiger partial charge < -0.3 is 5.73 Å². The van der Waals surface area contributed by atoms with Gasteiger partial charge in [-0.3, -0.25) is 4.98 Å². The molecule has 2 aromatic heterocycles. The van der Waals surface area contributed by atoms with Gasteiger partial charge in [-0.1, -0.05) is 6.07 Å². The van der Waals surface area contributed by atoms with Crippen molar-refractivity contribution in [2.45, 2.75) is 37.6 Å². The van der Waals surface area contributed by atoms with E-state index in [2.05, 4.69) is 15.0 Å². The number of nitrogens with zero attached hydrogens (tertiary/aromatic N) is 3. The van der Waals surface area contributed by atoms with Crippen molar-refractivity contribution in [2.24, 2.45) is 5.73 Å². The first kappa shape index (κ1) is 12.2. The maximum Gasteiger partial charge on any atom is 0.132 e. The van der Waals surface area contributed by atoms with Crippen molar-refractivity contribution in [3.8, 4) is 11.4 Å². The summed E-state index contributed by atoms with van der Waals surface area (Å²) in [4.78, 5) is 13.4. The van der Waals surface area contributed by atoms with Crippen molar-refractivity contribution in [3.05, 3.63) is 42.5 Å². The highest BCUT2D eigenvalue weighted by atomic mass is 14.9. The first-order valence-electron chi connectivity index (χ1n) is 6.83. The molecular weight excluding hydrogens is 236 g/mol. The summed E-state index contributed by atoms with van der Waals surface area (Å²) >= 11 is 0. The van der Waals surface area contributed by atoms with E-state index in [9.17, 15) is 0 Å². The fraction of sp³-hybridized carbons (Fsp3) is 0.400. The van der Waals surface area contributed by atoms with Crippen LogP contribution < -0.4 is 5.73 Å². The molecule has 0 saturated heterocycles. The van der Waals surface area contributed by atoms with E-state index in [4.69, 9.17) is 5.73 Å². The van der Waals surface area contributed by atoms with E-state index in [1.54, 1.807) is 6.20 Å². The van der Waals surface area contributed by atoms with Crippen molar-refractivity contribution in [2.75, 3.05) is 0 Å². The van der Waals surface area contributed by atoms with Gasteiger partial charge in [0.25, 0.3) is 0 Å². The van der Waals surface area contributed by atoms with Gasteiger partial charge in [-0.05, 0) is 43.9 Å². The lowest BCUT2D eigenvalue weighted by atomic mass is 9.86. The van der Waals surface area contributed by atoms with Gasteiger partial charge >= 0.3 is 0 Å². The maximum atomic E-state index is 5.95. The van der Waals surface area contributed by atoms with Crippen LogP contribution in [0.2, 0.25) is 0 Å². The smallest absolute Gasteiger partial charge is 0.132 e. The molecule has 1 aliphatic rings. The van der Waals surface area contributed by atoms with Gasteiger partial charge in [0.05, 0.1) is 11.4 Å². The molecule has 0 amide bonds. The van der Waals surface area contributed by atoms with Crippen LogP contribution in [0.25, 0.3) is 11.4 Å². The van der Waals surface area contributed by atoms with Crippen LogP contribution in [-0.2, 0) is 0 Å². The van der Waals surface area contributed by atoms with Gasteiger partial charge in [0.15, 0.2) is 0 Å². The van der Waals surface area contributed by atoms with E-state index in [-0.39, 0.29) is 0 Å². The quantitative estimate of drug-likeness (QED) is 0.894. The summed E-state index contributed by atoms with van der Waals surface area (Å²) in [6, 6.07) is 8.14. The zero-order valence-electron chi connectivity index (χ0n) is 10.9.